The topological polar surface area (TPSA) is 73.1 Å². The molecule has 0 spiro atoms. The lowest BCUT2D eigenvalue weighted by Crippen LogP contribution is -2.29. The predicted octanol–water partition coefficient (Wildman–Crippen LogP) is 2.59. The van der Waals surface area contributed by atoms with E-state index in [1.165, 1.54) is 9.58 Å². The summed E-state index contributed by atoms with van der Waals surface area (Å²) in [6.45, 7) is 0. The van der Waals surface area contributed by atoms with Crippen molar-refractivity contribution in [1.29, 1.82) is 0 Å². The Hall–Kier alpha value is -3.22. The highest BCUT2D eigenvalue weighted by Gasteiger charge is 2.15. The molecule has 0 N–H and O–H groups in total. The number of ether oxygens (including phenoxy) is 1. The molecule has 0 aliphatic rings. The first-order valence-electron chi connectivity index (χ1n) is 7.44. The lowest BCUT2D eigenvalue weighted by atomic mass is 10.1. The lowest BCUT2D eigenvalue weighted by molar-refractivity contribution is 0.214. The molecule has 122 valence electrons. The number of tetrazole rings is 1. The van der Waals surface area contributed by atoms with E-state index in [1.54, 1.807) is 14.1 Å². The third kappa shape index (κ3) is 3.57. The van der Waals surface area contributed by atoms with Gasteiger partial charge < -0.3 is 9.64 Å². The molecule has 0 aliphatic carbocycles. The van der Waals surface area contributed by atoms with Gasteiger partial charge in [0.25, 0.3) is 0 Å². The van der Waals surface area contributed by atoms with Crippen LogP contribution in [0.25, 0.3) is 0 Å². The molecule has 0 bridgehead atoms. The second-order valence-corrected chi connectivity index (χ2v) is 5.42. The van der Waals surface area contributed by atoms with Gasteiger partial charge in [0, 0.05) is 20.5 Å². The highest BCUT2D eigenvalue weighted by atomic mass is 16.5. The minimum atomic E-state index is -0.279. The molecule has 0 aliphatic heterocycles. The van der Waals surface area contributed by atoms with Crippen molar-refractivity contribution >= 4 is 6.03 Å². The van der Waals surface area contributed by atoms with Gasteiger partial charge in [0.15, 0.2) is 5.82 Å². The standard InChI is InChI=1S/C17H17N5O2/c1-21(2)17(23)22-16(18-19-20-22)12-13-8-10-15(11-9-13)24-14-6-4-3-5-7-14/h3-11H,12H2,1-2H3. The van der Waals surface area contributed by atoms with Crippen molar-refractivity contribution in [3.05, 3.63) is 66.0 Å². The zero-order valence-electron chi connectivity index (χ0n) is 13.5. The number of benzene rings is 2. The first kappa shape index (κ1) is 15.7. The molecule has 3 aromatic rings. The van der Waals surface area contributed by atoms with Crippen LogP contribution in [0.4, 0.5) is 4.79 Å². The van der Waals surface area contributed by atoms with Gasteiger partial charge in [0.1, 0.15) is 11.5 Å². The van der Waals surface area contributed by atoms with E-state index in [0.717, 1.165) is 17.1 Å². The van der Waals surface area contributed by atoms with E-state index in [0.29, 0.717) is 12.2 Å². The van der Waals surface area contributed by atoms with E-state index < -0.39 is 0 Å². The first-order valence-corrected chi connectivity index (χ1v) is 7.44. The van der Waals surface area contributed by atoms with Crippen molar-refractivity contribution < 1.29 is 9.53 Å². The molecule has 0 atom stereocenters. The summed E-state index contributed by atoms with van der Waals surface area (Å²) < 4.78 is 6.96. The molecule has 0 saturated carbocycles. The summed E-state index contributed by atoms with van der Waals surface area (Å²) in [7, 11) is 3.31. The van der Waals surface area contributed by atoms with Gasteiger partial charge in [-0.05, 0) is 40.3 Å². The zero-order chi connectivity index (χ0) is 16.9. The van der Waals surface area contributed by atoms with Gasteiger partial charge in [-0.1, -0.05) is 30.3 Å². The average Bonchev–Trinajstić information content (AvgIpc) is 3.05. The van der Waals surface area contributed by atoms with Gasteiger partial charge in [-0.25, -0.2) is 4.79 Å². The summed E-state index contributed by atoms with van der Waals surface area (Å²) in [5, 5.41) is 11.3. The van der Waals surface area contributed by atoms with Crippen LogP contribution in [0, 0.1) is 0 Å². The molecule has 0 unspecified atom stereocenters. The van der Waals surface area contributed by atoms with E-state index in [1.807, 2.05) is 54.6 Å². The van der Waals surface area contributed by atoms with E-state index in [4.69, 9.17) is 4.74 Å². The van der Waals surface area contributed by atoms with Crippen molar-refractivity contribution in [3.8, 4) is 11.5 Å². The second kappa shape index (κ2) is 6.91. The Morgan fingerprint density at radius 2 is 1.71 bits per heavy atom. The predicted molar refractivity (Wildman–Crippen MR) is 88.1 cm³/mol. The van der Waals surface area contributed by atoms with Crippen LogP contribution in [0.2, 0.25) is 0 Å². The molecule has 0 fully saturated rings. The van der Waals surface area contributed by atoms with Gasteiger partial charge in [-0.2, -0.15) is 0 Å². The van der Waals surface area contributed by atoms with Crippen molar-refractivity contribution in [2.24, 2.45) is 0 Å². The summed E-state index contributed by atoms with van der Waals surface area (Å²) in [6.07, 6.45) is 0.457. The van der Waals surface area contributed by atoms with Crippen LogP contribution in [0.15, 0.2) is 54.6 Å². The number of hydrogen-bond donors (Lipinski definition) is 0. The number of hydrogen-bond acceptors (Lipinski definition) is 5. The quantitative estimate of drug-likeness (QED) is 0.690. The Morgan fingerprint density at radius 1 is 1.04 bits per heavy atom. The molecule has 24 heavy (non-hydrogen) atoms. The molecular formula is C17H17N5O2. The van der Waals surface area contributed by atoms with Crippen molar-refractivity contribution in [2.75, 3.05) is 14.1 Å². The Labute approximate surface area is 139 Å². The largest absolute Gasteiger partial charge is 0.457 e. The Morgan fingerprint density at radius 3 is 2.38 bits per heavy atom. The fourth-order valence-corrected chi connectivity index (χ4v) is 2.14. The minimum Gasteiger partial charge on any atom is -0.457 e. The number of carbonyl (C=O) groups excluding carboxylic acids is 1. The summed E-state index contributed by atoms with van der Waals surface area (Å²) in [5.41, 5.74) is 0.984. The molecule has 1 heterocycles. The smallest absolute Gasteiger partial charge is 0.347 e. The third-order valence-electron chi connectivity index (χ3n) is 3.36. The van der Waals surface area contributed by atoms with Gasteiger partial charge in [0.2, 0.25) is 0 Å². The zero-order valence-corrected chi connectivity index (χ0v) is 13.5. The van der Waals surface area contributed by atoms with Crippen LogP contribution in [-0.4, -0.2) is 45.2 Å². The van der Waals surface area contributed by atoms with Crippen molar-refractivity contribution in [1.82, 2.24) is 25.1 Å². The Kier molecular flexibility index (Phi) is 4.51. The number of nitrogens with zero attached hydrogens (tertiary/aromatic N) is 5. The van der Waals surface area contributed by atoms with Crippen molar-refractivity contribution in [2.45, 2.75) is 6.42 Å². The number of para-hydroxylation sites is 1. The fourth-order valence-electron chi connectivity index (χ4n) is 2.14. The Bertz CT molecular complexity index is 813. The number of rotatable bonds is 4. The van der Waals surface area contributed by atoms with Gasteiger partial charge >= 0.3 is 6.03 Å². The minimum absolute atomic E-state index is 0.279. The maximum Gasteiger partial charge on any atom is 0.347 e. The van der Waals surface area contributed by atoms with Crippen molar-refractivity contribution in [3.63, 3.8) is 0 Å². The van der Waals surface area contributed by atoms with Crippen LogP contribution in [0.3, 0.4) is 0 Å². The fraction of sp³-hybridized carbons (Fsp3) is 0.176. The van der Waals surface area contributed by atoms with Crippen LogP contribution in [-0.2, 0) is 6.42 Å². The molecule has 7 nitrogen and oxygen atoms in total. The molecule has 7 heteroatoms. The molecule has 1 amide bonds. The molecule has 0 radical (unpaired) electrons. The van der Waals surface area contributed by atoms with Gasteiger partial charge in [-0.3, -0.25) is 0 Å². The maximum atomic E-state index is 12.0. The Balaban J connectivity index is 1.71. The monoisotopic (exact) mass is 323 g/mol. The maximum absolute atomic E-state index is 12.0. The highest BCUT2D eigenvalue weighted by molar-refractivity contribution is 5.75. The van der Waals surface area contributed by atoms with E-state index in [-0.39, 0.29) is 6.03 Å². The summed E-state index contributed by atoms with van der Waals surface area (Å²) in [6, 6.07) is 16.9. The molecule has 3 rings (SSSR count). The first-order chi connectivity index (χ1) is 11.6. The molecule has 2 aromatic carbocycles. The number of aromatic nitrogens is 4. The van der Waals surface area contributed by atoms with E-state index in [2.05, 4.69) is 15.5 Å². The third-order valence-corrected chi connectivity index (χ3v) is 3.36. The van der Waals surface area contributed by atoms with Crippen LogP contribution >= 0.6 is 0 Å². The van der Waals surface area contributed by atoms with E-state index in [9.17, 15) is 4.79 Å². The summed E-state index contributed by atoms with van der Waals surface area (Å²) in [5.74, 6) is 2.02. The van der Waals surface area contributed by atoms with Gasteiger partial charge in [-0.15, -0.1) is 9.78 Å². The molecule has 0 saturated heterocycles. The van der Waals surface area contributed by atoms with Crippen LogP contribution in [0.5, 0.6) is 11.5 Å². The summed E-state index contributed by atoms with van der Waals surface area (Å²) >= 11 is 0. The summed E-state index contributed by atoms with van der Waals surface area (Å²) in [4.78, 5) is 13.4. The molecular weight excluding hydrogens is 306 g/mol. The normalized spacial score (nSPS) is 10.4. The average molecular weight is 323 g/mol. The SMILES string of the molecule is CN(C)C(=O)n1nnnc1Cc1ccc(Oc2ccccc2)cc1. The highest BCUT2D eigenvalue weighted by Crippen LogP contribution is 2.21. The van der Waals surface area contributed by atoms with Crippen LogP contribution in [0.1, 0.15) is 11.4 Å². The second-order valence-electron chi connectivity index (χ2n) is 5.42. The number of amides is 1. The number of carbonyl (C=O) groups is 1. The lowest BCUT2D eigenvalue weighted by Gasteiger charge is -2.10. The van der Waals surface area contributed by atoms with Gasteiger partial charge in [0.05, 0.1) is 0 Å². The van der Waals surface area contributed by atoms with Crippen LogP contribution < -0.4 is 4.74 Å². The van der Waals surface area contributed by atoms with E-state index >= 15 is 0 Å². The molecule has 1 aromatic heterocycles.